The predicted molar refractivity (Wildman–Crippen MR) is 98.3 cm³/mol. The quantitative estimate of drug-likeness (QED) is 0.382. The Kier molecular flexibility index (Phi) is 8.52. The second kappa shape index (κ2) is 10.9. The van der Waals surface area contributed by atoms with Gasteiger partial charge in [-0.25, -0.2) is 9.38 Å². The summed E-state index contributed by atoms with van der Waals surface area (Å²) in [6, 6.07) is 4.33. The Balaban J connectivity index is 1.70. The molecule has 0 radical (unpaired) electrons. The number of halogens is 1. The zero-order valence-electron chi connectivity index (χ0n) is 15.1. The zero-order valence-corrected chi connectivity index (χ0v) is 15.1. The molecule has 1 aliphatic carbocycles. The molecule has 25 heavy (non-hydrogen) atoms. The fraction of sp³-hybridized carbons (Fsp3) is 0.632. The van der Waals surface area contributed by atoms with E-state index in [-0.39, 0.29) is 5.75 Å². The molecule has 2 rings (SSSR count). The minimum absolute atomic E-state index is 0.337. The third-order valence-electron chi connectivity index (χ3n) is 4.30. The summed E-state index contributed by atoms with van der Waals surface area (Å²) in [7, 11) is 0. The topological polar surface area (TPSA) is 65.9 Å². The Bertz CT molecular complexity index is 545. The van der Waals surface area contributed by atoms with Crippen LogP contribution < -0.4 is 10.6 Å². The van der Waals surface area contributed by atoms with Crippen LogP contribution in [0.25, 0.3) is 0 Å². The normalized spacial score (nSPS) is 16.0. The molecule has 0 spiro atoms. The van der Waals surface area contributed by atoms with E-state index in [1.54, 1.807) is 6.07 Å². The summed E-state index contributed by atoms with van der Waals surface area (Å²) in [6.07, 6.45) is 7.68. The number of aliphatic imine (C=N–C) groups is 1. The molecule has 1 fully saturated rings. The third-order valence-corrected chi connectivity index (χ3v) is 4.30. The SMILES string of the molecule is CCNC(=NCc1ccc(O)c(F)c1)NCCCOC1CCCCC1. The lowest BCUT2D eigenvalue weighted by atomic mass is 9.98. The van der Waals surface area contributed by atoms with Crippen LogP contribution in [0.2, 0.25) is 0 Å². The van der Waals surface area contributed by atoms with Gasteiger partial charge in [0.1, 0.15) is 0 Å². The molecule has 6 heteroatoms. The predicted octanol–water partition coefficient (Wildman–Crippen LogP) is 3.33. The molecule has 1 aromatic rings. The third kappa shape index (κ3) is 7.30. The highest BCUT2D eigenvalue weighted by molar-refractivity contribution is 5.79. The fourth-order valence-corrected chi connectivity index (χ4v) is 2.92. The van der Waals surface area contributed by atoms with Crippen LogP contribution in [-0.2, 0) is 11.3 Å². The molecular formula is C19H30FN3O2. The number of phenols is 1. The molecular weight excluding hydrogens is 321 g/mol. The average Bonchev–Trinajstić information content (AvgIpc) is 2.63. The maximum Gasteiger partial charge on any atom is 0.191 e. The first-order chi connectivity index (χ1) is 12.2. The monoisotopic (exact) mass is 351 g/mol. The molecule has 140 valence electrons. The van der Waals surface area contributed by atoms with Gasteiger partial charge in [-0.3, -0.25) is 0 Å². The van der Waals surface area contributed by atoms with E-state index in [9.17, 15) is 9.50 Å². The molecule has 1 saturated carbocycles. The van der Waals surface area contributed by atoms with Crippen LogP contribution in [0.15, 0.2) is 23.2 Å². The molecule has 0 amide bonds. The van der Waals surface area contributed by atoms with Gasteiger partial charge >= 0.3 is 0 Å². The van der Waals surface area contributed by atoms with Gasteiger partial charge in [0.05, 0.1) is 12.6 Å². The highest BCUT2D eigenvalue weighted by Crippen LogP contribution is 2.20. The van der Waals surface area contributed by atoms with Crippen LogP contribution in [0.4, 0.5) is 4.39 Å². The van der Waals surface area contributed by atoms with Crippen molar-refractivity contribution in [2.75, 3.05) is 19.7 Å². The second-order valence-electron chi connectivity index (χ2n) is 6.39. The number of hydrogen-bond acceptors (Lipinski definition) is 3. The van der Waals surface area contributed by atoms with Crippen LogP contribution >= 0.6 is 0 Å². The first-order valence-corrected chi connectivity index (χ1v) is 9.30. The van der Waals surface area contributed by atoms with E-state index in [0.29, 0.717) is 24.2 Å². The van der Waals surface area contributed by atoms with Crippen LogP contribution in [0.5, 0.6) is 5.75 Å². The summed E-state index contributed by atoms with van der Waals surface area (Å²) < 4.78 is 19.3. The number of nitrogens with one attached hydrogen (secondary N) is 2. The molecule has 1 aromatic carbocycles. The van der Waals surface area contributed by atoms with Crippen LogP contribution in [0.1, 0.15) is 51.0 Å². The van der Waals surface area contributed by atoms with Gasteiger partial charge in [-0.15, -0.1) is 0 Å². The van der Waals surface area contributed by atoms with E-state index in [1.807, 2.05) is 6.92 Å². The highest BCUT2D eigenvalue weighted by Gasteiger charge is 2.12. The number of rotatable bonds is 8. The van der Waals surface area contributed by atoms with E-state index in [0.717, 1.165) is 26.1 Å². The first kappa shape index (κ1) is 19.5. The molecule has 5 nitrogen and oxygen atoms in total. The number of ether oxygens (including phenoxy) is 1. The van der Waals surface area contributed by atoms with Crippen molar-refractivity contribution in [1.82, 2.24) is 10.6 Å². The van der Waals surface area contributed by atoms with E-state index in [4.69, 9.17) is 4.74 Å². The molecule has 0 atom stereocenters. The zero-order chi connectivity index (χ0) is 17.9. The molecule has 0 unspecified atom stereocenters. The van der Waals surface area contributed by atoms with Crippen LogP contribution in [0, 0.1) is 5.82 Å². The summed E-state index contributed by atoms with van der Waals surface area (Å²) in [6.45, 7) is 4.66. The number of guanidine groups is 1. The maximum absolute atomic E-state index is 13.3. The Labute approximate surface area is 149 Å². The minimum Gasteiger partial charge on any atom is -0.505 e. The van der Waals surface area contributed by atoms with E-state index < -0.39 is 5.82 Å². The largest absolute Gasteiger partial charge is 0.505 e. The molecule has 0 aromatic heterocycles. The number of hydrogen-bond donors (Lipinski definition) is 3. The summed E-state index contributed by atoms with van der Waals surface area (Å²) in [5, 5.41) is 15.7. The van der Waals surface area contributed by atoms with E-state index >= 15 is 0 Å². The van der Waals surface area contributed by atoms with Gasteiger partial charge in [0.15, 0.2) is 17.5 Å². The number of nitrogens with zero attached hydrogens (tertiary/aromatic N) is 1. The van der Waals surface area contributed by atoms with Gasteiger partial charge in [0, 0.05) is 19.7 Å². The fourth-order valence-electron chi connectivity index (χ4n) is 2.92. The summed E-state index contributed by atoms with van der Waals surface area (Å²) in [4.78, 5) is 4.45. The Morgan fingerprint density at radius 1 is 1.28 bits per heavy atom. The number of phenolic OH excluding ortho intramolecular Hbond substituents is 1. The van der Waals surface area contributed by atoms with Crippen molar-refractivity contribution < 1.29 is 14.2 Å². The lowest BCUT2D eigenvalue weighted by molar-refractivity contribution is 0.0277. The van der Waals surface area contributed by atoms with Crippen molar-refractivity contribution in [2.45, 2.75) is 58.1 Å². The van der Waals surface area contributed by atoms with Gasteiger partial charge in [-0.05, 0) is 43.9 Å². The summed E-state index contributed by atoms with van der Waals surface area (Å²) >= 11 is 0. The van der Waals surface area contributed by atoms with E-state index in [2.05, 4.69) is 15.6 Å². The Morgan fingerprint density at radius 2 is 2.08 bits per heavy atom. The van der Waals surface area contributed by atoms with Crippen molar-refractivity contribution in [3.8, 4) is 5.75 Å². The number of aromatic hydroxyl groups is 1. The van der Waals surface area contributed by atoms with Crippen molar-refractivity contribution >= 4 is 5.96 Å². The Hall–Kier alpha value is -1.82. The number of benzene rings is 1. The lowest BCUT2D eigenvalue weighted by Gasteiger charge is -2.22. The lowest BCUT2D eigenvalue weighted by Crippen LogP contribution is -2.38. The second-order valence-corrected chi connectivity index (χ2v) is 6.39. The summed E-state index contributed by atoms with van der Waals surface area (Å²) in [5.41, 5.74) is 0.716. The van der Waals surface area contributed by atoms with Gasteiger partial charge in [-0.1, -0.05) is 25.3 Å². The van der Waals surface area contributed by atoms with Gasteiger partial charge in [-0.2, -0.15) is 0 Å². The Morgan fingerprint density at radius 3 is 2.80 bits per heavy atom. The van der Waals surface area contributed by atoms with Gasteiger partial charge in [0.25, 0.3) is 0 Å². The highest BCUT2D eigenvalue weighted by atomic mass is 19.1. The van der Waals surface area contributed by atoms with Crippen molar-refractivity contribution in [1.29, 1.82) is 0 Å². The van der Waals surface area contributed by atoms with Gasteiger partial charge < -0.3 is 20.5 Å². The smallest absolute Gasteiger partial charge is 0.191 e. The first-order valence-electron chi connectivity index (χ1n) is 9.30. The minimum atomic E-state index is -0.620. The molecule has 0 aliphatic heterocycles. The van der Waals surface area contributed by atoms with Crippen LogP contribution in [0.3, 0.4) is 0 Å². The van der Waals surface area contributed by atoms with E-state index in [1.165, 1.54) is 44.2 Å². The molecule has 0 bridgehead atoms. The average molecular weight is 351 g/mol. The van der Waals surface area contributed by atoms with Crippen LogP contribution in [-0.4, -0.2) is 36.9 Å². The maximum atomic E-state index is 13.3. The molecule has 3 N–H and O–H groups in total. The van der Waals surface area contributed by atoms with Crippen molar-refractivity contribution in [3.63, 3.8) is 0 Å². The van der Waals surface area contributed by atoms with Crippen molar-refractivity contribution in [3.05, 3.63) is 29.6 Å². The molecule has 0 heterocycles. The van der Waals surface area contributed by atoms with Gasteiger partial charge in [0.2, 0.25) is 0 Å². The standard InChI is InChI=1S/C19H30FN3O2/c1-2-21-19(23-14-15-9-10-18(24)17(20)13-15)22-11-6-12-25-16-7-4-3-5-8-16/h9-10,13,16,24H,2-8,11-12,14H2,1H3,(H2,21,22,23). The van der Waals surface area contributed by atoms with Crippen molar-refractivity contribution in [2.24, 2.45) is 4.99 Å². The molecule has 0 saturated heterocycles. The summed E-state index contributed by atoms with van der Waals surface area (Å²) in [5.74, 6) is -0.255. The molecule has 1 aliphatic rings.